The fraction of sp³-hybridized carbons (Fsp3) is 0.600. The average Bonchev–Trinajstić information content (AvgIpc) is 2.38. The minimum atomic E-state index is -0.217. The first kappa shape index (κ1) is 14.7. The Hall–Kier alpha value is -1.38. The molecule has 0 N–H and O–H groups in total. The molecule has 0 radical (unpaired) electrons. The quantitative estimate of drug-likeness (QED) is 0.512. The summed E-state index contributed by atoms with van der Waals surface area (Å²) in [5.74, 6) is -0.217. The van der Waals surface area contributed by atoms with Gasteiger partial charge in [0.25, 0.3) is 0 Å². The Labute approximate surface area is 110 Å². The number of aliphatic imine (C=N–C) groups is 1. The summed E-state index contributed by atoms with van der Waals surface area (Å²) in [6.07, 6.45) is 9.54. The van der Waals surface area contributed by atoms with Gasteiger partial charge in [0, 0.05) is 12.3 Å². The molecule has 1 aliphatic rings. The molecular weight excluding hydrogens is 226 g/mol. The van der Waals surface area contributed by atoms with Crippen molar-refractivity contribution in [1.82, 2.24) is 0 Å². The molecule has 1 rings (SSSR count). The van der Waals surface area contributed by atoms with E-state index in [1.165, 1.54) is 24.1 Å². The molecule has 0 fully saturated rings. The van der Waals surface area contributed by atoms with Crippen LogP contribution in [-0.2, 0) is 9.53 Å². The van der Waals surface area contributed by atoms with Gasteiger partial charge in [-0.3, -0.25) is 9.79 Å². The largest absolute Gasteiger partial charge is 0.461 e. The van der Waals surface area contributed by atoms with Crippen LogP contribution in [0.25, 0.3) is 0 Å². The lowest BCUT2D eigenvalue weighted by molar-refractivity contribution is -0.141. The second-order valence-electron chi connectivity index (χ2n) is 4.63. The van der Waals surface area contributed by atoms with E-state index in [0.717, 1.165) is 25.8 Å². The van der Waals surface area contributed by atoms with Crippen molar-refractivity contribution >= 4 is 11.7 Å². The maximum absolute atomic E-state index is 11.1. The normalized spacial score (nSPS) is 16.1. The molecule has 0 atom stereocenters. The second kappa shape index (κ2) is 8.67. The second-order valence-corrected chi connectivity index (χ2v) is 4.63. The standard InChI is InChI=1S/C15H23NO2/c1-3-6-15(17)18-12-10-13(2)8-9-14-7-4-5-11-16-14/h3,10H,1,4-9,11-12H2,2H3/b13-10+. The Bertz CT molecular complexity index is 342. The number of hydrogen-bond acceptors (Lipinski definition) is 3. The third-order valence-corrected chi connectivity index (χ3v) is 3.00. The summed E-state index contributed by atoms with van der Waals surface area (Å²) < 4.78 is 5.03. The van der Waals surface area contributed by atoms with Crippen LogP contribution in [0.4, 0.5) is 0 Å². The van der Waals surface area contributed by atoms with E-state index in [1.807, 2.05) is 6.08 Å². The van der Waals surface area contributed by atoms with E-state index in [9.17, 15) is 4.79 Å². The lowest BCUT2D eigenvalue weighted by Gasteiger charge is -2.11. The number of carbonyl (C=O) groups is 1. The van der Waals surface area contributed by atoms with Crippen LogP contribution in [-0.4, -0.2) is 24.8 Å². The van der Waals surface area contributed by atoms with Crippen LogP contribution in [0.3, 0.4) is 0 Å². The summed E-state index contributed by atoms with van der Waals surface area (Å²) in [5, 5.41) is 0. The number of carbonyl (C=O) groups excluding carboxylic acids is 1. The Morgan fingerprint density at radius 2 is 2.33 bits per heavy atom. The fourth-order valence-corrected chi connectivity index (χ4v) is 1.86. The molecule has 0 aliphatic carbocycles. The molecule has 0 saturated carbocycles. The van der Waals surface area contributed by atoms with Crippen molar-refractivity contribution in [2.75, 3.05) is 13.2 Å². The van der Waals surface area contributed by atoms with Crippen molar-refractivity contribution in [1.29, 1.82) is 0 Å². The first-order valence-electron chi connectivity index (χ1n) is 6.66. The first-order chi connectivity index (χ1) is 8.72. The zero-order valence-electron chi connectivity index (χ0n) is 11.3. The number of allylic oxidation sites excluding steroid dienone is 1. The lowest BCUT2D eigenvalue weighted by atomic mass is 10.0. The fourth-order valence-electron chi connectivity index (χ4n) is 1.86. The highest BCUT2D eigenvalue weighted by molar-refractivity contribution is 5.85. The van der Waals surface area contributed by atoms with Gasteiger partial charge >= 0.3 is 5.97 Å². The molecule has 0 aromatic carbocycles. The maximum Gasteiger partial charge on any atom is 0.309 e. The first-order valence-corrected chi connectivity index (χ1v) is 6.66. The predicted octanol–water partition coefficient (Wildman–Crippen LogP) is 3.46. The zero-order valence-corrected chi connectivity index (χ0v) is 11.3. The molecule has 0 aromatic heterocycles. The van der Waals surface area contributed by atoms with Crippen LogP contribution in [0, 0.1) is 0 Å². The van der Waals surface area contributed by atoms with Crippen molar-refractivity contribution < 1.29 is 9.53 Å². The number of ether oxygens (including phenoxy) is 1. The average molecular weight is 249 g/mol. The highest BCUT2D eigenvalue weighted by atomic mass is 16.5. The molecule has 0 unspecified atom stereocenters. The van der Waals surface area contributed by atoms with E-state index in [-0.39, 0.29) is 12.4 Å². The van der Waals surface area contributed by atoms with Gasteiger partial charge in [-0.15, -0.1) is 6.58 Å². The molecule has 100 valence electrons. The number of rotatable bonds is 7. The highest BCUT2D eigenvalue weighted by Crippen LogP contribution is 2.13. The molecular formula is C15H23NO2. The van der Waals surface area contributed by atoms with Crippen molar-refractivity contribution in [3.8, 4) is 0 Å². The van der Waals surface area contributed by atoms with Crippen LogP contribution < -0.4 is 0 Å². The molecule has 1 heterocycles. The SMILES string of the molecule is C=CCC(=O)OC/C=C(\C)CCC1=NCCCC1. The summed E-state index contributed by atoms with van der Waals surface area (Å²) in [6.45, 7) is 6.93. The van der Waals surface area contributed by atoms with Crippen LogP contribution in [0.2, 0.25) is 0 Å². The molecule has 3 nitrogen and oxygen atoms in total. The Kier molecular flexibility index (Phi) is 7.07. The van der Waals surface area contributed by atoms with Crippen LogP contribution >= 0.6 is 0 Å². The van der Waals surface area contributed by atoms with Gasteiger partial charge in [0.2, 0.25) is 0 Å². The molecule has 0 spiro atoms. The lowest BCUT2D eigenvalue weighted by Crippen LogP contribution is -2.06. The van der Waals surface area contributed by atoms with Gasteiger partial charge in [0.05, 0.1) is 6.42 Å². The summed E-state index contributed by atoms with van der Waals surface area (Å²) in [5.41, 5.74) is 2.60. The summed E-state index contributed by atoms with van der Waals surface area (Å²) in [6, 6.07) is 0. The van der Waals surface area contributed by atoms with Crippen molar-refractivity contribution in [2.24, 2.45) is 4.99 Å². The topological polar surface area (TPSA) is 38.7 Å². The molecule has 0 saturated heterocycles. The monoisotopic (exact) mass is 249 g/mol. The summed E-state index contributed by atoms with van der Waals surface area (Å²) in [7, 11) is 0. The minimum Gasteiger partial charge on any atom is -0.461 e. The number of hydrogen-bond donors (Lipinski definition) is 0. The number of esters is 1. The van der Waals surface area contributed by atoms with Gasteiger partial charge in [-0.1, -0.05) is 11.6 Å². The van der Waals surface area contributed by atoms with Crippen LogP contribution in [0.5, 0.6) is 0 Å². The smallest absolute Gasteiger partial charge is 0.309 e. The van der Waals surface area contributed by atoms with E-state index in [1.54, 1.807) is 6.08 Å². The predicted molar refractivity (Wildman–Crippen MR) is 74.9 cm³/mol. The van der Waals surface area contributed by atoms with E-state index in [0.29, 0.717) is 6.61 Å². The third-order valence-electron chi connectivity index (χ3n) is 3.00. The molecule has 0 bridgehead atoms. The van der Waals surface area contributed by atoms with Gasteiger partial charge in [0.1, 0.15) is 6.61 Å². The van der Waals surface area contributed by atoms with E-state index in [2.05, 4.69) is 18.5 Å². The van der Waals surface area contributed by atoms with Gasteiger partial charge in [0.15, 0.2) is 0 Å². The van der Waals surface area contributed by atoms with Crippen molar-refractivity contribution in [2.45, 2.75) is 45.4 Å². The minimum absolute atomic E-state index is 0.217. The molecule has 18 heavy (non-hydrogen) atoms. The van der Waals surface area contributed by atoms with Crippen molar-refractivity contribution in [3.63, 3.8) is 0 Å². The Morgan fingerprint density at radius 1 is 1.50 bits per heavy atom. The van der Waals surface area contributed by atoms with Gasteiger partial charge in [-0.05, 0) is 45.1 Å². The van der Waals surface area contributed by atoms with E-state index < -0.39 is 0 Å². The van der Waals surface area contributed by atoms with Gasteiger partial charge in [-0.2, -0.15) is 0 Å². The van der Waals surface area contributed by atoms with Crippen LogP contribution in [0.1, 0.15) is 45.4 Å². The molecule has 0 amide bonds. The summed E-state index contributed by atoms with van der Waals surface area (Å²) in [4.78, 5) is 15.6. The zero-order chi connectivity index (χ0) is 13.2. The molecule has 0 aromatic rings. The van der Waals surface area contributed by atoms with Gasteiger partial charge < -0.3 is 4.74 Å². The Balaban J connectivity index is 2.18. The highest BCUT2D eigenvalue weighted by Gasteiger charge is 2.05. The van der Waals surface area contributed by atoms with Crippen molar-refractivity contribution in [3.05, 3.63) is 24.3 Å². The van der Waals surface area contributed by atoms with E-state index >= 15 is 0 Å². The summed E-state index contributed by atoms with van der Waals surface area (Å²) >= 11 is 0. The maximum atomic E-state index is 11.1. The number of nitrogens with zero attached hydrogens (tertiary/aromatic N) is 1. The molecule has 3 heteroatoms. The van der Waals surface area contributed by atoms with Gasteiger partial charge in [-0.25, -0.2) is 0 Å². The third kappa shape index (κ3) is 6.38. The Morgan fingerprint density at radius 3 is 3.00 bits per heavy atom. The van der Waals surface area contributed by atoms with E-state index in [4.69, 9.17) is 4.74 Å². The molecule has 1 aliphatic heterocycles. The van der Waals surface area contributed by atoms with Crippen LogP contribution in [0.15, 0.2) is 29.3 Å².